The number of aliphatic hydroxyl groups is 1. The molecule has 1 aromatic rings. The molecule has 0 spiro atoms. The summed E-state index contributed by atoms with van der Waals surface area (Å²) < 4.78 is 12.7. The van der Waals surface area contributed by atoms with Crippen LogP contribution in [0, 0.1) is 5.82 Å². The Hall–Kier alpha value is -1.60. The Morgan fingerprint density at radius 2 is 1.81 bits per heavy atom. The van der Waals surface area contributed by atoms with Crippen molar-refractivity contribution in [1.82, 2.24) is 10.6 Å². The minimum Gasteiger partial charge on any atom is -0.387 e. The van der Waals surface area contributed by atoms with Crippen molar-refractivity contribution in [3.63, 3.8) is 0 Å². The maximum Gasteiger partial charge on any atom is 0.309 e. The number of rotatable bonds is 6. The molecule has 0 aliphatic carbocycles. The van der Waals surface area contributed by atoms with Crippen molar-refractivity contribution in [3.05, 3.63) is 35.6 Å². The molecule has 3 N–H and O–H groups in total. The van der Waals surface area contributed by atoms with Crippen LogP contribution in [0.1, 0.15) is 12.5 Å². The third kappa shape index (κ3) is 6.59. The van der Waals surface area contributed by atoms with Gasteiger partial charge in [-0.2, -0.15) is 11.8 Å². The van der Waals surface area contributed by atoms with E-state index in [1.165, 1.54) is 36.0 Å². The monoisotopic (exact) mass is 314 g/mol. The molecule has 0 bridgehead atoms. The third-order valence-corrected chi connectivity index (χ3v) is 3.57. The summed E-state index contributed by atoms with van der Waals surface area (Å²) in [6.07, 6.45) is 1.84. The van der Waals surface area contributed by atoms with E-state index in [0.717, 1.165) is 0 Å². The molecular weight excluding hydrogens is 295 g/mol. The molecule has 1 atom stereocenters. The lowest BCUT2D eigenvalue weighted by atomic mass is 10.1. The standard InChI is InChI=1S/C14H19FN2O3S/c1-14(20,9-21-2)8-17-13(19)12(18)16-7-10-3-5-11(15)6-4-10/h3-6,20H,7-9H2,1-2H3,(H,16,18)(H,17,19). The summed E-state index contributed by atoms with van der Waals surface area (Å²) in [5, 5.41) is 14.7. The normalized spacial score (nSPS) is 13.3. The summed E-state index contributed by atoms with van der Waals surface area (Å²) in [5.41, 5.74) is -0.376. The van der Waals surface area contributed by atoms with Crippen LogP contribution < -0.4 is 10.6 Å². The predicted molar refractivity (Wildman–Crippen MR) is 80.3 cm³/mol. The van der Waals surface area contributed by atoms with E-state index in [1.807, 2.05) is 6.26 Å². The van der Waals surface area contributed by atoms with Crippen LogP contribution in [0.25, 0.3) is 0 Å². The van der Waals surface area contributed by atoms with Crippen molar-refractivity contribution in [1.29, 1.82) is 0 Å². The van der Waals surface area contributed by atoms with Gasteiger partial charge in [-0.15, -0.1) is 0 Å². The zero-order valence-electron chi connectivity index (χ0n) is 12.0. The van der Waals surface area contributed by atoms with Crippen molar-refractivity contribution in [2.45, 2.75) is 19.1 Å². The largest absolute Gasteiger partial charge is 0.387 e. The van der Waals surface area contributed by atoms with Gasteiger partial charge >= 0.3 is 11.8 Å². The molecule has 116 valence electrons. The maximum absolute atomic E-state index is 12.7. The van der Waals surface area contributed by atoms with Crippen LogP contribution in [0.15, 0.2) is 24.3 Å². The highest BCUT2D eigenvalue weighted by Gasteiger charge is 2.22. The van der Waals surface area contributed by atoms with Gasteiger partial charge in [-0.25, -0.2) is 4.39 Å². The highest BCUT2D eigenvalue weighted by Crippen LogP contribution is 2.08. The highest BCUT2D eigenvalue weighted by molar-refractivity contribution is 7.98. The van der Waals surface area contributed by atoms with E-state index in [9.17, 15) is 19.1 Å². The SMILES string of the molecule is CSCC(C)(O)CNC(=O)C(=O)NCc1ccc(F)cc1. The number of halogens is 1. The first-order valence-corrected chi connectivity index (χ1v) is 7.75. The second-order valence-corrected chi connectivity index (χ2v) is 5.79. The summed E-state index contributed by atoms with van der Waals surface area (Å²) in [4.78, 5) is 23.1. The molecule has 7 heteroatoms. The fourth-order valence-corrected chi connectivity index (χ4v) is 2.30. The molecule has 2 amide bonds. The van der Waals surface area contributed by atoms with Crippen LogP contribution in [0.4, 0.5) is 4.39 Å². The van der Waals surface area contributed by atoms with Crippen molar-refractivity contribution in [3.8, 4) is 0 Å². The van der Waals surface area contributed by atoms with Gasteiger partial charge < -0.3 is 15.7 Å². The van der Waals surface area contributed by atoms with Crippen molar-refractivity contribution < 1.29 is 19.1 Å². The van der Waals surface area contributed by atoms with E-state index in [-0.39, 0.29) is 18.9 Å². The van der Waals surface area contributed by atoms with Crippen LogP contribution in [-0.2, 0) is 16.1 Å². The first kappa shape index (κ1) is 17.5. The molecule has 1 rings (SSSR count). The van der Waals surface area contributed by atoms with Gasteiger partial charge in [0.1, 0.15) is 5.82 Å². The molecule has 0 heterocycles. The number of hydrogen-bond donors (Lipinski definition) is 3. The van der Waals surface area contributed by atoms with E-state index >= 15 is 0 Å². The zero-order valence-corrected chi connectivity index (χ0v) is 12.8. The zero-order chi connectivity index (χ0) is 15.9. The molecule has 0 aliphatic heterocycles. The average molecular weight is 314 g/mol. The number of thioether (sulfide) groups is 1. The van der Waals surface area contributed by atoms with Gasteiger partial charge in [0.25, 0.3) is 0 Å². The number of carbonyl (C=O) groups is 2. The van der Waals surface area contributed by atoms with Gasteiger partial charge in [0.15, 0.2) is 0 Å². The predicted octanol–water partition coefficient (Wildman–Crippen LogP) is 0.672. The van der Waals surface area contributed by atoms with Crippen molar-refractivity contribution in [2.24, 2.45) is 0 Å². The molecule has 0 saturated heterocycles. The summed E-state index contributed by atoms with van der Waals surface area (Å²) in [5.74, 6) is -1.51. The number of benzene rings is 1. The molecule has 0 fully saturated rings. The minimum atomic E-state index is -1.06. The van der Waals surface area contributed by atoms with Crippen LogP contribution in [0.2, 0.25) is 0 Å². The second-order valence-electron chi connectivity index (χ2n) is 4.92. The maximum atomic E-state index is 12.7. The number of hydrogen-bond acceptors (Lipinski definition) is 4. The molecule has 0 saturated carbocycles. The summed E-state index contributed by atoms with van der Waals surface area (Å²) in [6.45, 7) is 1.71. The molecule has 0 aliphatic rings. The highest BCUT2D eigenvalue weighted by atomic mass is 32.2. The van der Waals surface area contributed by atoms with Crippen LogP contribution in [0.5, 0.6) is 0 Å². The Kier molecular flexibility index (Phi) is 6.64. The molecule has 0 aromatic heterocycles. The molecular formula is C14H19FN2O3S. The van der Waals surface area contributed by atoms with E-state index in [2.05, 4.69) is 10.6 Å². The van der Waals surface area contributed by atoms with E-state index in [0.29, 0.717) is 11.3 Å². The summed E-state index contributed by atoms with van der Waals surface area (Å²) >= 11 is 1.44. The van der Waals surface area contributed by atoms with Gasteiger partial charge in [0, 0.05) is 18.8 Å². The molecule has 5 nitrogen and oxygen atoms in total. The van der Waals surface area contributed by atoms with Gasteiger partial charge in [-0.1, -0.05) is 12.1 Å². The van der Waals surface area contributed by atoms with Gasteiger partial charge in [-0.05, 0) is 30.9 Å². The Labute approximate surface area is 127 Å². The van der Waals surface area contributed by atoms with Crippen molar-refractivity contribution in [2.75, 3.05) is 18.6 Å². The van der Waals surface area contributed by atoms with E-state index < -0.39 is 17.4 Å². The number of carbonyl (C=O) groups excluding carboxylic acids is 2. The number of amides is 2. The fraction of sp³-hybridized carbons (Fsp3) is 0.429. The Bertz CT molecular complexity index is 491. The van der Waals surface area contributed by atoms with Gasteiger partial charge in [-0.3, -0.25) is 9.59 Å². The lowest BCUT2D eigenvalue weighted by Crippen LogP contribution is -2.47. The van der Waals surface area contributed by atoms with Crippen LogP contribution in [-0.4, -0.2) is 41.1 Å². The smallest absolute Gasteiger partial charge is 0.309 e. The quantitative estimate of drug-likeness (QED) is 0.675. The van der Waals surface area contributed by atoms with E-state index in [4.69, 9.17) is 0 Å². The molecule has 21 heavy (non-hydrogen) atoms. The summed E-state index contributed by atoms with van der Waals surface area (Å²) in [7, 11) is 0. The second kappa shape index (κ2) is 7.99. The van der Waals surface area contributed by atoms with Crippen LogP contribution in [0.3, 0.4) is 0 Å². The Morgan fingerprint density at radius 3 is 2.38 bits per heavy atom. The summed E-state index contributed by atoms with van der Waals surface area (Å²) in [6, 6.07) is 5.61. The Morgan fingerprint density at radius 1 is 1.24 bits per heavy atom. The minimum absolute atomic E-state index is 0.00333. The van der Waals surface area contributed by atoms with Crippen LogP contribution >= 0.6 is 11.8 Å². The Balaban J connectivity index is 2.37. The lowest BCUT2D eigenvalue weighted by molar-refractivity contribution is -0.139. The number of nitrogens with one attached hydrogen (secondary N) is 2. The molecule has 0 radical (unpaired) electrons. The van der Waals surface area contributed by atoms with Crippen molar-refractivity contribution >= 4 is 23.6 Å². The fourth-order valence-electron chi connectivity index (χ4n) is 1.58. The first-order chi connectivity index (χ1) is 9.84. The lowest BCUT2D eigenvalue weighted by Gasteiger charge is -2.22. The van der Waals surface area contributed by atoms with E-state index in [1.54, 1.807) is 6.92 Å². The average Bonchev–Trinajstić information content (AvgIpc) is 2.44. The third-order valence-electron chi connectivity index (χ3n) is 2.66. The molecule has 1 aromatic carbocycles. The topological polar surface area (TPSA) is 78.4 Å². The van der Waals surface area contributed by atoms with Gasteiger partial charge in [0.2, 0.25) is 0 Å². The molecule has 1 unspecified atom stereocenters. The van der Waals surface area contributed by atoms with Gasteiger partial charge in [0.05, 0.1) is 5.60 Å². The first-order valence-electron chi connectivity index (χ1n) is 6.36.